The number of nitriles is 1. The first-order chi connectivity index (χ1) is 16.5. The molecule has 0 saturated carbocycles. The molecule has 0 aliphatic rings. The Morgan fingerprint density at radius 3 is 2.37 bits per heavy atom. The first-order valence-electron chi connectivity index (χ1n) is 10.6. The molecule has 1 aromatic carbocycles. The van der Waals surface area contributed by atoms with E-state index in [1.165, 1.54) is 0 Å². The number of rotatable bonds is 11. The van der Waals surface area contributed by atoms with Crippen molar-refractivity contribution in [3.63, 3.8) is 0 Å². The van der Waals surface area contributed by atoms with Crippen molar-refractivity contribution in [1.82, 2.24) is 9.78 Å². The number of benzene rings is 1. The van der Waals surface area contributed by atoms with Crippen molar-refractivity contribution >= 4 is 11.9 Å². The molecule has 12 nitrogen and oxygen atoms in total. The van der Waals surface area contributed by atoms with Crippen LogP contribution in [0.1, 0.15) is 42.8 Å². The van der Waals surface area contributed by atoms with Crippen molar-refractivity contribution in [1.29, 1.82) is 5.26 Å². The highest BCUT2D eigenvalue weighted by Gasteiger charge is 2.44. The Hall–Kier alpha value is -3.92. The Morgan fingerprint density at radius 2 is 1.91 bits per heavy atom. The van der Waals surface area contributed by atoms with Gasteiger partial charge in [0.1, 0.15) is 11.4 Å². The number of aromatic nitrogens is 2. The van der Waals surface area contributed by atoms with Gasteiger partial charge in [0.15, 0.2) is 11.5 Å². The number of carboxylic acid groups (broad SMARTS) is 2. The molecular formula is C23H30N4O8. The molecule has 190 valence electrons. The molecule has 2 rings (SSSR count). The zero-order valence-corrected chi connectivity index (χ0v) is 19.8. The molecule has 0 amide bonds. The molecule has 1 atom stereocenters. The Balaban J connectivity index is 0.000000405. The van der Waals surface area contributed by atoms with Crippen LogP contribution in [-0.2, 0) is 33.9 Å². The Morgan fingerprint density at radius 1 is 1.26 bits per heavy atom. The quantitative estimate of drug-likeness (QED) is 0.176. The molecule has 0 saturated heterocycles. The van der Waals surface area contributed by atoms with Gasteiger partial charge in [0.05, 0.1) is 30.3 Å². The number of aliphatic hydroxyl groups is 1. The van der Waals surface area contributed by atoms with Crippen LogP contribution in [0.3, 0.4) is 0 Å². The molecule has 35 heavy (non-hydrogen) atoms. The molecule has 0 fully saturated rings. The maximum Gasteiger partial charge on any atom is 0.344 e. The van der Waals surface area contributed by atoms with E-state index in [0.717, 1.165) is 35.5 Å². The van der Waals surface area contributed by atoms with Crippen LogP contribution in [0, 0.1) is 18.3 Å². The van der Waals surface area contributed by atoms with E-state index in [4.69, 9.17) is 36.3 Å². The summed E-state index contributed by atoms with van der Waals surface area (Å²) in [5, 5.41) is 47.5. The van der Waals surface area contributed by atoms with Crippen LogP contribution in [0.15, 0.2) is 30.5 Å². The van der Waals surface area contributed by atoms with E-state index < -0.39 is 29.7 Å². The molecule has 0 aliphatic heterocycles. The summed E-state index contributed by atoms with van der Waals surface area (Å²) in [4.78, 5) is 23.9. The van der Waals surface area contributed by atoms with Gasteiger partial charge in [0.2, 0.25) is 5.60 Å². The average Bonchev–Trinajstić information content (AvgIpc) is 3.13. The van der Waals surface area contributed by atoms with Gasteiger partial charge in [0, 0.05) is 6.54 Å². The number of carbonyl (C=O) groups is 2. The summed E-state index contributed by atoms with van der Waals surface area (Å²) in [6.45, 7) is 10.2. The molecule has 1 heterocycles. The predicted octanol–water partition coefficient (Wildman–Crippen LogP) is 2.22. The van der Waals surface area contributed by atoms with Crippen LogP contribution in [0.25, 0.3) is 0 Å². The summed E-state index contributed by atoms with van der Waals surface area (Å²) in [7, 11) is 0. The highest BCUT2D eigenvalue weighted by Crippen LogP contribution is 2.31. The van der Waals surface area contributed by atoms with E-state index in [9.17, 15) is 9.59 Å². The standard InChI is InChI=1S/C17H22N4O.C6H8O7/c1-4-15-17(16(5-2)21(20-15)7-6-18)22-14-9-12(3)8-13(10-14)11-19;1-3(13-12)6(11,5(9)10)2-4(7)8/h8-10H,4-7,18H2,1-3H3;11-12H,1-2H2,(H,7,8)(H,9,10). The smallest absolute Gasteiger partial charge is 0.344 e. The topological polar surface area (TPSA) is 201 Å². The maximum atomic E-state index is 10.4. The Bertz CT molecular complexity index is 1110. The minimum atomic E-state index is -2.82. The van der Waals surface area contributed by atoms with Crippen molar-refractivity contribution in [3.8, 4) is 17.6 Å². The number of nitrogens with two attached hydrogens (primary N) is 1. The summed E-state index contributed by atoms with van der Waals surface area (Å²) < 4.78 is 8.02. The molecular weight excluding hydrogens is 460 g/mol. The fourth-order valence-electron chi connectivity index (χ4n) is 3.11. The monoisotopic (exact) mass is 490 g/mol. The van der Waals surface area contributed by atoms with E-state index >= 15 is 0 Å². The molecule has 1 aromatic heterocycles. The summed E-state index contributed by atoms with van der Waals surface area (Å²) in [5.41, 5.74) is 6.40. The van der Waals surface area contributed by atoms with Gasteiger partial charge in [0.25, 0.3) is 0 Å². The van der Waals surface area contributed by atoms with E-state index in [0.29, 0.717) is 24.4 Å². The summed E-state index contributed by atoms with van der Waals surface area (Å²) in [6.07, 6.45) is 0.456. The molecule has 0 aliphatic carbocycles. The predicted molar refractivity (Wildman–Crippen MR) is 124 cm³/mol. The molecule has 6 N–H and O–H groups in total. The number of nitrogens with zero attached hydrogens (tertiary/aromatic N) is 3. The van der Waals surface area contributed by atoms with Crippen LogP contribution in [0.2, 0.25) is 0 Å². The molecule has 2 aromatic rings. The van der Waals surface area contributed by atoms with Crippen LogP contribution in [-0.4, -0.2) is 54.4 Å². The number of aliphatic carboxylic acids is 2. The lowest BCUT2D eigenvalue weighted by Gasteiger charge is -2.20. The van der Waals surface area contributed by atoms with Gasteiger partial charge in [-0.05, 0) is 43.5 Å². The lowest BCUT2D eigenvalue weighted by Crippen LogP contribution is -2.42. The van der Waals surface area contributed by atoms with Crippen LogP contribution >= 0.6 is 0 Å². The second-order valence-corrected chi connectivity index (χ2v) is 7.44. The van der Waals surface area contributed by atoms with Gasteiger partial charge in [-0.2, -0.15) is 10.4 Å². The third-order valence-corrected chi connectivity index (χ3v) is 4.82. The first kappa shape index (κ1) is 29.1. The van der Waals surface area contributed by atoms with Crippen molar-refractivity contribution in [2.75, 3.05) is 6.54 Å². The fraction of sp³-hybridized carbons (Fsp3) is 0.391. The van der Waals surface area contributed by atoms with E-state index in [-0.39, 0.29) is 0 Å². The molecule has 0 bridgehead atoms. The normalized spacial score (nSPS) is 11.9. The SMILES string of the molecule is C=C(OO)C(O)(CC(=O)O)C(=O)O.CCc1nn(CCN)c(CC)c1Oc1cc(C)cc(C#N)c1. The minimum absolute atomic E-state index is 0.542. The van der Waals surface area contributed by atoms with Crippen molar-refractivity contribution < 1.29 is 39.8 Å². The van der Waals surface area contributed by atoms with Gasteiger partial charge >= 0.3 is 11.9 Å². The van der Waals surface area contributed by atoms with Crippen LogP contribution < -0.4 is 10.5 Å². The zero-order valence-electron chi connectivity index (χ0n) is 19.8. The highest BCUT2D eigenvalue weighted by molar-refractivity contribution is 5.86. The van der Waals surface area contributed by atoms with Crippen LogP contribution in [0.5, 0.6) is 11.5 Å². The maximum absolute atomic E-state index is 10.4. The highest BCUT2D eigenvalue weighted by atomic mass is 17.1. The van der Waals surface area contributed by atoms with Crippen molar-refractivity contribution in [2.24, 2.45) is 5.73 Å². The first-order valence-corrected chi connectivity index (χ1v) is 10.6. The van der Waals surface area contributed by atoms with E-state index in [2.05, 4.69) is 36.5 Å². The Labute approximate surface area is 202 Å². The summed E-state index contributed by atoms with van der Waals surface area (Å²) >= 11 is 0. The fourth-order valence-corrected chi connectivity index (χ4v) is 3.11. The van der Waals surface area contributed by atoms with Gasteiger partial charge in [-0.15, -0.1) is 0 Å². The number of hydrogen-bond donors (Lipinski definition) is 5. The third kappa shape index (κ3) is 7.54. The summed E-state index contributed by atoms with van der Waals surface area (Å²) in [5.74, 6) is -2.92. The number of ether oxygens (including phenoxy) is 1. The average molecular weight is 491 g/mol. The lowest BCUT2D eigenvalue weighted by atomic mass is 9.98. The zero-order chi connectivity index (χ0) is 26.8. The molecule has 0 radical (unpaired) electrons. The van der Waals surface area contributed by atoms with Gasteiger partial charge in [-0.1, -0.05) is 20.4 Å². The van der Waals surface area contributed by atoms with Gasteiger partial charge in [-0.25, -0.2) is 10.1 Å². The second-order valence-electron chi connectivity index (χ2n) is 7.44. The molecule has 12 heteroatoms. The Kier molecular flexibility index (Phi) is 10.9. The second kappa shape index (κ2) is 13.1. The lowest BCUT2D eigenvalue weighted by molar-refractivity contribution is -0.231. The van der Waals surface area contributed by atoms with Crippen molar-refractivity contribution in [3.05, 3.63) is 53.1 Å². The third-order valence-electron chi connectivity index (χ3n) is 4.82. The van der Waals surface area contributed by atoms with E-state index in [1.807, 2.05) is 23.7 Å². The number of hydrogen-bond acceptors (Lipinski definition) is 9. The molecule has 1 unspecified atom stereocenters. The van der Waals surface area contributed by atoms with E-state index in [1.54, 1.807) is 6.07 Å². The summed E-state index contributed by atoms with van der Waals surface area (Å²) in [6, 6.07) is 7.69. The minimum Gasteiger partial charge on any atom is -0.481 e. The number of carboxylic acids is 2. The van der Waals surface area contributed by atoms with Crippen LogP contribution in [0.4, 0.5) is 0 Å². The molecule has 0 spiro atoms. The van der Waals surface area contributed by atoms with Gasteiger partial charge in [-0.3, -0.25) is 9.48 Å². The largest absolute Gasteiger partial charge is 0.481 e. The number of aryl methyl sites for hydroxylation is 2. The van der Waals surface area contributed by atoms with Crippen molar-refractivity contribution in [2.45, 2.75) is 52.2 Å². The van der Waals surface area contributed by atoms with Gasteiger partial charge < -0.3 is 30.7 Å².